The van der Waals surface area contributed by atoms with Crippen LogP contribution in [0.3, 0.4) is 0 Å². The average Bonchev–Trinajstić information content (AvgIpc) is 3.34. The van der Waals surface area contributed by atoms with Gasteiger partial charge in [0, 0.05) is 24.6 Å². The van der Waals surface area contributed by atoms with Gasteiger partial charge in [-0.2, -0.15) is 0 Å². The molecule has 1 heterocycles. The van der Waals surface area contributed by atoms with Gasteiger partial charge in [0.1, 0.15) is 6.04 Å². The number of hydrogen-bond acceptors (Lipinski definition) is 5. The van der Waals surface area contributed by atoms with E-state index in [1.165, 1.54) is 19.8 Å². The van der Waals surface area contributed by atoms with Gasteiger partial charge in [-0.1, -0.05) is 19.1 Å². The summed E-state index contributed by atoms with van der Waals surface area (Å²) < 4.78 is 11.8. The van der Waals surface area contributed by atoms with Crippen molar-refractivity contribution in [2.45, 2.75) is 70.6 Å². The van der Waals surface area contributed by atoms with Gasteiger partial charge in [0.05, 0.1) is 25.0 Å². The third-order valence-electron chi connectivity index (χ3n) is 6.41. The van der Waals surface area contributed by atoms with E-state index in [4.69, 9.17) is 14.5 Å². The molecule has 2 aromatic rings. The van der Waals surface area contributed by atoms with Crippen molar-refractivity contribution >= 4 is 23.2 Å². The Hall–Kier alpha value is -3.35. The molecule has 34 heavy (non-hydrogen) atoms. The molecule has 2 unspecified atom stereocenters. The highest BCUT2D eigenvalue weighted by molar-refractivity contribution is 6.09. The van der Waals surface area contributed by atoms with Gasteiger partial charge >= 0.3 is 0 Å². The molecule has 0 saturated heterocycles. The molecule has 2 amide bonds. The molecule has 2 aliphatic rings. The van der Waals surface area contributed by atoms with Crippen LogP contribution >= 0.6 is 0 Å². The highest BCUT2D eigenvalue weighted by Gasteiger charge is 2.31. The summed E-state index contributed by atoms with van der Waals surface area (Å²) in [6.07, 6.45) is 5.94. The summed E-state index contributed by atoms with van der Waals surface area (Å²) in [6, 6.07) is 12.7. The fraction of sp³-hybridized carbons (Fsp3) is 0.444. The average molecular weight is 464 g/mol. The molecular formula is C27H33N3O4. The summed E-state index contributed by atoms with van der Waals surface area (Å²) in [6.45, 7) is 3.52. The zero-order valence-electron chi connectivity index (χ0n) is 20.1. The van der Waals surface area contributed by atoms with E-state index >= 15 is 0 Å². The minimum Gasteiger partial charge on any atom is -0.493 e. The van der Waals surface area contributed by atoms with E-state index in [1.54, 1.807) is 7.11 Å². The molecule has 0 radical (unpaired) electrons. The molecule has 1 aliphatic carbocycles. The number of benzene rings is 2. The standard InChI is InChI=1S/C27H33N3O4/c1-4-22-26(19-11-14-24(33-3)25(16-19)34-21-7-5-6-8-21)29-23(27(32)30-22)15-18-9-12-20(13-10-18)28-17(2)31/h9-14,16,21-23H,4-8,15H2,1-3H3,(H,28,31)(H,30,32). The Kier molecular flexibility index (Phi) is 7.50. The maximum absolute atomic E-state index is 12.8. The molecule has 2 aromatic carbocycles. The van der Waals surface area contributed by atoms with E-state index in [2.05, 4.69) is 10.6 Å². The molecule has 0 aromatic heterocycles. The van der Waals surface area contributed by atoms with Gasteiger partial charge in [-0.05, 0) is 68.0 Å². The Morgan fingerprint density at radius 1 is 1.12 bits per heavy atom. The Labute approximate surface area is 200 Å². The lowest BCUT2D eigenvalue weighted by molar-refractivity contribution is -0.123. The van der Waals surface area contributed by atoms with Crippen molar-refractivity contribution in [3.63, 3.8) is 0 Å². The normalized spacial score (nSPS) is 20.4. The minimum atomic E-state index is -0.522. The number of methoxy groups -OCH3 is 1. The number of hydrogen-bond donors (Lipinski definition) is 2. The summed E-state index contributed by atoms with van der Waals surface area (Å²) in [5.41, 5.74) is 3.51. The Bertz CT molecular complexity index is 1060. The minimum absolute atomic E-state index is 0.0718. The number of nitrogens with zero attached hydrogens (tertiary/aromatic N) is 1. The number of nitrogens with one attached hydrogen (secondary N) is 2. The number of rotatable bonds is 8. The number of amides is 2. The molecule has 0 spiro atoms. The summed E-state index contributed by atoms with van der Waals surface area (Å²) in [5.74, 6) is 1.25. The van der Waals surface area contributed by atoms with Gasteiger partial charge < -0.3 is 20.1 Å². The van der Waals surface area contributed by atoms with Crippen molar-refractivity contribution < 1.29 is 19.1 Å². The highest BCUT2D eigenvalue weighted by Crippen LogP contribution is 2.33. The van der Waals surface area contributed by atoms with Crippen molar-refractivity contribution in [2.24, 2.45) is 4.99 Å². The molecule has 1 fully saturated rings. The lowest BCUT2D eigenvalue weighted by Gasteiger charge is -2.29. The Morgan fingerprint density at radius 3 is 2.50 bits per heavy atom. The molecular weight excluding hydrogens is 430 g/mol. The fourth-order valence-corrected chi connectivity index (χ4v) is 4.63. The van der Waals surface area contributed by atoms with E-state index in [1.807, 2.05) is 49.4 Å². The van der Waals surface area contributed by atoms with E-state index in [0.29, 0.717) is 12.2 Å². The van der Waals surface area contributed by atoms with Crippen LogP contribution in [0, 0.1) is 0 Å². The van der Waals surface area contributed by atoms with Gasteiger partial charge in [0.2, 0.25) is 11.8 Å². The topological polar surface area (TPSA) is 89.0 Å². The van der Waals surface area contributed by atoms with E-state index in [-0.39, 0.29) is 24.0 Å². The van der Waals surface area contributed by atoms with Gasteiger partial charge in [-0.25, -0.2) is 0 Å². The van der Waals surface area contributed by atoms with Crippen LogP contribution in [0.15, 0.2) is 47.5 Å². The predicted molar refractivity (Wildman–Crippen MR) is 133 cm³/mol. The first-order valence-electron chi connectivity index (χ1n) is 12.1. The molecule has 7 nitrogen and oxygen atoms in total. The van der Waals surface area contributed by atoms with Crippen LogP contribution in [-0.2, 0) is 16.0 Å². The lowest BCUT2D eigenvalue weighted by atomic mass is 9.95. The molecule has 180 valence electrons. The number of anilines is 1. The van der Waals surface area contributed by atoms with Crippen LogP contribution in [0.1, 0.15) is 57.1 Å². The molecule has 7 heteroatoms. The molecule has 1 aliphatic heterocycles. The molecule has 2 N–H and O–H groups in total. The molecule has 0 bridgehead atoms. The number of ether oxygens (including phenoxy) is 2. The second-order valence-corrected chi connectivity index (χ2v) is 8.97. The smallest absolute Gasteiger partial charge is 0.245 e. The first kappa shape index (κ1) is 23.8. The zero-order chi connectivity index (χ0) is 24.1. The van der Waals surface area contributed by atoms with Crippen molar-refractivity contribution in [1.29, 1.82) is 0 Å². The highest BCUT2D eigenvalue weighted by atomic mass is 16.5. The van der Waals surface area contributed by atoms with Crippen molar-refractivity contribution in [2.75, 3.05) is 12.4 Å². The lowest BCUT2D eigenvalue weighted by Crippen LogP contribution is -2.50. The second-order valence-electron chi connectivity index (χ2n) is 8.97. The molecule has 1 saturated carbocycles. The van der Waals surface area contributed by atoms with Gasteiger partial charge in [-0.3, -0.25) is 14.6 Å². The van der Waals surface area contributed by atoms with E-state index < -0.39 is 6.04 Å². The number of carbonyl (C=O) groups is 2. The van der Waals surface area contributed by atoms with Crippen LogP contribution in [0.25, 0.3) is 0 Å². The van der Waals surface area contributed by atoms with Crippen LogP contribution in [0.4, 0.5) is 5.69 Å². The van der Waals surface area contributed by atoms with Crippen LogP contribution in [-0.4, -0.2) is 42.8 Å². The fourth-order valence-electron chi connectivity index (χ4n) is 4.63. The maximum atomic E-state index is 12.8. The number of aliphatic imine (C=N–C) groups is 1. The van der Waals surface area contributed by atoms with Gasteiger partial charge in [0.15, 0.2) is 11.5 Å². The SMILES string of the molecule is CCC1NC(=O)C(Cc2ccc(NC(C)=O)cc2)N=C1c1ccc(OC)c(OC2CCCC2)c1. The molecule has 2 atom stereocenters. The Balaban J connectivity index is 1.59. The third-order valence-corrected chi connectivity index (χ3v) is 6.41. The number of carbonyl (C=O) groups excluding carboxylic acids is 2. The maximum Gasteiger partial charge on any atom is 0.245 e. The summed E-state index contributed by atoms with van der Waals surface area (Å²) >= 11 is 0. The summed E-state index contributed by atoms with van der Waals surface area (Å²) in [5, 5.41) is 5.90. The first-order valence-corrected chi connectivity index (χ1v) is 12.1. The first-order chi connectivity index (χ1) is 16.5. The third kappa shape index (κ3) is 5.58. The van der Waals surface area contributed by atoms with E-state index in [9.17, 15) is 9.59 Å². The van der Waals surface area contributed by atoms with Crippen molar-refractivity contribution in [3.8, 4) is 11.5 Å². The quantitative estimate of drug-likeness (QED) is 0.611. The van der Waals surface area contributed by atoms with E-state index in [0.717, 1.165) is 47.5 Å². The zero-order valence-corrected chi connectivity index (χ0v) is 20.1. The molecule has 4 rings (SSSR count). The Morgan fingerprint density at radius 2 is 1.85 bits per heavy atom. The summed E-state index contributed by atoms with van der Waals surface area (Å²) in [7, 11) is 1.65. The second kappa shape index (κ2) is 10.7. The van der Waals surface area contributed by atoms with Crippen molar-refractivity contribution in [1.82, 2.24) is 5.32 Å². The van der Waals surface area contributed by atoms with Crippen LogP contribution in [0.2, 0.25) is 0 Å². The monoisotopic (exact) mass is 463 g/mol. The van der Waals surface area contributed by atoms with Gasteiger partial charge in [0.25, 0.3) is 0 Å². The van der Waals surface area contributed by atoms with Crippen molar-refractivity contribution in [3.05, 3.63) is 53.6 Å². The predicted octanol–water partition coefficient (Wildman–Crippen LogP) is 4.28. The van der Waals surface area contributed by atoms with Crippen LogP contribution < -0.4 is 20.1 Å². The largest absolute Gasteiger partial charge is 0.493 e. The van der Waals surface area contributed by atoms with Gasteiger partial charge in [-0.15, -0.1) is 0 Å². The summed E-state index contributed by atoms with van der Waals surface area (Å²) in [4.78, 5) is 29.0. The van der Waals surface area contributed by atoms with Crippen LogP contribution in [0.5, 0.6) is 11.5 Å².